The number of thiophene rings is 2. The highest BCUT2D eigenvalue weighted by Gasteiger charge is 2.44. The molecular weight excluding hydrogens is 392 g/mol. The van der Waals surface area contributed by atoms with E-state index in [1.807, 2.05) is 25.1 Å². The zero-order valence-corrected chi connectivity index (χ0v) is 17.1. The molecule has 0 bridgehead atoms. The zero-order valence-electron chi connectivity index (χ0n) is 15.5. The molecule has 0 spiro atoms. The van der Waals surface area contributed by atoms with Gasteiger partial charge in [0, 0.05) is 24.7 Å². The van der Waals surface area contributed by atoms with Gasteiger partial charge in [0.25, 0.3) is 5.91 Å². The van der Waals surface area contributed by atoms with Crippen molar-refractivity contribution in [3.05, 3.63) is 51.7 Å². The van der Waals surface area contributed by atoms with Gasteiger partial charge in [0.2, 0.25) is 5.91 Å². The van der Waals surface area contributed by atoms with E-state index in [4.69, 9.17) is 0 Å². The smallest absolute Gasteiger partial charge is 0.261 e. The molecule has 3 N–H and O–H groups in total. The average molecular weight is 415 g/mol. The summed E-state index contributed by atoms with van der Waals surface area (Å²) in [5.74, 6) is 0.506. The molecule has 4 rings (SSSR count). The van der Waals surface area contributed by atoms with Gasteiger partial charge < -0.3 is 10.6 Å². The van der Waals surface area contributed by atoms with E-state index in [0.29, 0.717) is 23.8 Å². The van der Waals surface area contributed by atoms with E-state index in [1.165, 1.54) is 16.9 Å². The van der Waals surface area contributed by atoms with E-state index in [0.717, 1.165) is 17.0 Å². The van der Waals surface area contributed by atoms with Crippen LogP contribution in [-0.2, 0) is 4.79 Å². The second-order valence-electron chi connectivity index (χ2n) is 7.09. The first kappa shape index (κ1) is 18.9. The van der Waals surface area contributed by atoms with Crippen molar-refractivity contribution < 1.29 is 9.59 Å². The third-order valence-electron chi connectivity index (χ3n) is 4.95. The van der Waals surface area contributed by atoms with E-state index >= 15 is 0 Å². The van der Waals surface area contributed by atoms with Crippen molar-refractivity contribution in [1.29, 1.82) is 0 Å². The van der Waals surface area contributed by atoms with Gasteiger partial charge in [0.15, 0.2) is 0 Å². The molecule has 0 saturated heterocycles. The monoisotopic (exact) mass is 414 g/mol. The topological polar surface area (TPSA) is 86.9 Å². The molecule has 2 amide bonds. The van der Waals surface area contributed by atoms with Crippen LogP contribution in [0.3, 0.4) is 0 Å². The van der Waals surface area contributed by atoms with Crippen molar-refractivity contribution in [3.8, 4) is 10.6 Å². The molecular formula is C20H22N4O2S2. The van der Waals surface area contributed by atoms with Gasteiger partial charge in [0.1, 0.15) is 0 Å². The van der Waals surface area contributed by atoms with Crippen molar-refractivity contribution in [1.82, 2.24) is 20.8 Å². The molecule has 1 aliphatic rings. The van der Waals surface area contributed by atoms with Crippen molar-refractivity contribution in [3.63, 3.8) is 0 Å². The quantitative estimate of drug-likeness (QED) is 0.526. The number of nitrogens with zero attached hydrogens (tertiary/aromatic N) is 1. The highest BCUT2D eigenvalue weighted by Crippen LogP contribution is 2.48. The zero-order chi connectivity index (χ0) is 19.5. The van der Waals surface area contributed by atoms with Crippen LogP contribution in [0.1, 0.15) is 40.9 Å². The summed E-state index contributed by atoms with van der Waals surface area (Å²) in [6, 6.07) is 7.74. The summed E-state index contributed by atoms with van der Waals surface area (Å²) >= 11 is 3.10. The first-order valence-corrected chi connectivity index (χ1v) is 11.1. The number of nitrogens with one attached hydrogen (secondary N) is 3. The second-order valence-corrected chi connectivity index (χ2v) is 8.96. The first-order valence-electron chi connectivity index (χ1n) is 9.32. The molecule has 1 saturated carbocycles. The number of amides is 2. The molecule has 8 heteroatoms. The minimum Gasteiger partial charge on any atom is -0.353 e. The number of carbonyl (C=O) groups excluding carboxylic acids is 2. The molecule has 1 aliphatic carbocycles. The minimum absolute atomic E-state index is 0.0282. The van der Waals surface area contributed by atoms with Crippen LogP contribution in [-0.4, -0.2) is 34.6 Å². The van der Waals surface area contributed by atoms with Gasteiger partial charge in [-0.15, -0.1) is 11.3 Å². The summed E-state index contributed by atoms with van der Waals surface area (Å²) < 4.78 is 0. The predicted molar refractivity (Wildman–Crippen MR) is 112 cm³/mol. The van der Waals surface area contributed by atoms with Crippen molar-refractivity contribution in [2.45, 2.75) is 31.7 Å². The van der Waals surface area contributed by atoms with E-state index in [2.05, 4.69) is 37.7 Å². The highest BCUT2D eigenvalue weighted by molar-refractivity contribution is 7.17. The van der Waals surface area contributed by atoms with Crippen LogP contribution in [0.25, 0.3) is 10.6 Å². The fourth-order valence-electron chi connectivity index (χ4n) is 3.25. The fraction of sp³-hybridized carbons (Fsp3) is 0.350. The minimum atomic E-state index is -0.0889. The predicted octanol–water partition coefficient (Wildman–Crippen LogP) is 3.63. The number of rotatable bonds is 8. The molecule has 146 valence electrons. The Morgan fingerprint density at radius 3 is 2.96 bits per heavy atom. The van der Waals surface area contributed by atoms with Crippen LogP contribution in [0, 0.1) is 5.92 Å². The Hall–Kier alpha value is -2.45. The Morgan fingerprint density at radius 2 is 2.21 bits per heavy atom. The molecule has 3 aromatic heterocycles. The number of carbonyl (C=O) groups is 2. The molecule has 0 aromatic carbocycles. The summed E-state index contributed by atoms with van der Waals surface area (Å²) in [4.78, 5) is 26.3. The molecule has 3 heterocycles. The average Bonchev–Trinajstić information content (AvgIpc) is 3.17. The summed E-state index contributed by atoms with van der Waals surface area (Å²) in [5, 5.41) is 17.0. The Balaban J connectivity index is 1.19. The molecule has 3 atom stereocenters. The first-order chi connectivity index (χ1) is 13.6. The van der Waals surface area contributed by atoms with Gasteiger partial charge in [-0.2, -0.15) is 16.4 Å². The number of aromatic amines is 1. The Bertz CT molecular complexity index is 933. The van der Waals surface area contributed by atoms with Gasteiger partial charge in [-0.05, 0) is 66.3 Å². The van der Waals surface area contributed by atoms with Crippen LogP contribution in [0.5, 0.6) is 0 Å². The van der Waals surface area contributed by atoms with Gasteiger partial charge in [-0.1, -0.05) is 0 Å². The second kappa shape index (κ2) is 8.28. The van der Waals surface area contributed by atoms with E-state index < -0.39 is 0 Å². The third kappa shape index (κ3) is 4.34. The maximum atomic E-state index is 12.4. The third-order valence-corrected chi connectivity index (χ3v) is 6.76. The molecule has 1 fully saturated rings. The van der Waals surface area contributed by atoms with Crippen LogP contribution in [0.2, 0.25) is 0 Å². The lowest BCUT2D eigenvalue weighted by molar-refractivity contribution is -0.123. The Morgan fingerprint density at radius 1 is 1.32 bits per heavy atom. The van der Waals surface area contributed by atoms with E-state index in [1.54, 1.807) is 17.5 Å². The number of hydrogen-bond acceptors (Lipinski definition) is 5. The van der Waals surface area contributed by atoms with E-state index in [-0.39, 0.29) is 23.8 Å². The molecule has 0 aliphatic heterocycles. The summed E-state index contributed by atoms with van der Waals surface area (Å²) in [6.07, 6.45) is 3.32. The summed E-state index contributed by atoms with van der Waals surface area (Å²) in [5.41, 5.74) is 2.18. The highest BCUT2D eigenvalue weighted by atomic mass is 32.1. The van der Waals surface area contributed by atoms with E-state index in [9.17, 15) is 9.59 Å². The summed E-state index contributed by atoms with van der Waals surface area (Å²) in [6.45, 7) is 2.50. The molecule has 6 nitrogen and oxygen atoms in total. The molecule has 1 unspecified atom stereocenters. The lowest BCUT2D eigenvalue weighted by atomic mass is 10.1. The van der Waals surface area contributed by atoms with Crippen molar-refractivity contribution >= 4 is 34.5 Å². The van der Waals surface area contributed by atoms with Gasteiger partial charge in [-0.3, -0.25) is 14.7 Å². The summed E-state index contributed by atoms with van der Waals surface area (Å²) in [7, 11) is 0. The van der Waals surface area contributed by atoms with Gasteiger partial charge in [-0.25, -0.2) is 0 Å². The lowest BCUT2D eigenvalue weighted by Gasteiger charge is -2.14. The van der Waals surface area contributed by atoms with Crippen LogP contribution in [0.4, 0.5) is 0 Å². The van der Waals surface area contributed by atoms with Crippen molar-refractivity contribution in [2.75, 3.05) is 6.54 Å². The van der Waals surface area contributed by atoms with Crippen LogP contribution >= 0.6 is 22.7 Å². The standard InChI is InChI=1S/C20H22N4O2S2/c1-12(23-19(25)15-10-14(15)13-6-9-27-11-13)4-7-21-20(26)18-3-2-17(28-18)16-5-8-22-24-16/h2-3,5-6,8-9,11-12,14-15H,4,7,10H2,1H3,(H,21,26)(H,22,24)(H,23,25)/t12?,14-,15+/m0/s1. The SMILES string of the molecule is CC(CCNC(=O)c1ccc(-c2ccn[nH]2)s1)NC(=O)[C@@H]1C[C@H]1c1ccsc1. The van der Waals surface area contributed by atoms with Gasteiger partial charge in [0.05, 0.1) is 15.4 Å². The number of H-pyrrole nitrogens is 1. The van der Waals surface area contributed by atoms with Gasteiger partial charge >= 0.3 is 0 Å². The normalized spacial score (nSPS) is 19.2. The molecule has 28 heavy (non-hydrogen) atoms. The number of hydrogen-bond donors (Lipinski definition) is 3. The Labute approximate surface area is 171 Å². The maximum Gasteiger partial charge on any atom is 0.261 e. The molecule has 3 aromatic rings. The maximum absolute atomic E-state index is 12.4. The lowest BCUT2D eigenvalue weighted by Crippen LogP contribution is -2.37. The fourth-order valence-corrected chi connectivity index (χ4v) is 4.87. The van der Waals surface area contributed by atoms with Crippen LogP contribution < -0.4 is 10.6 Å². The largest absolute Gasteiger partial charge is 0.353 e. The van der Waals surface area contributed by atoms with Crippen molar-refractivity contribution in [2.24, 2.45) is 5.92 Å². The number of aromatic nitrogens is 2. The molecule has 0 radical (unpaired) electrons. The van der Waals surface area contributed by atoms with Crippen LogP contribution in [0.15, 0.2) is 41.2 Å². The Kier molecular flexibility index (Phi) is 5.59.